The lowest BCUT2D eigenvalue weighted by atomic mass is 10.1. The monoisotopic (exact) mass is 358 g/mol. The minimum Gasteiger partial charge on any atom is -0.283 e. The Labute approximate surface area is 147 Å². The highest BCUT2D eigenvalue weighted by atomic mass is 35.5. The first kappa shape index (κ1) is 15.8. The van der Waals surface area contributed by atoms with Crippen molar-refractivity contribution in [1.82, 2.24) is 19.3 Å². The van der Waals surface area contributed by atoms with E-state index >= 15 is 0 Å². The van der Waals surface area contributed by atoms with E-state index in [2.05, 4.69) is 10.1 Å². The van der Waals surface area contributed by atoms with Gasteiger partial charge in [-0.1, -0.05) is 17.7 Å². The summed E-state index contributed by atoms with van der Waals surface area (Å²) in [5.41, 5.74) is 3.02. The first-order valence-electron chi connectivity index (χ1n) is 7.58. The van der Waals surface area contributed by atoms with Crippen LogP contribution in [-0.4, -0.2) is 19.3 Å². The van der Waals surface area contributed by atoms with Gasteiger partial charge in [0.25, 0.3) is 0 Å². The molecule has 0 atom stereocenters. The molecule has 2 aromatic heterocycles. The molecule has 0 aliphatic carbocycles. The maximum absolute atomic E-state index is 14.0. The van der Waals surface area contributed by atoms with Gasteiger partial charge < -0.3 is 0 Å². The predicted molar refractivity (Wildman–Crippen MR) is 92.9 cm³/mol. The zero-order chi connectivity index (χ0) is 17.7. The maximum atomic E-state index is 14.0. The average Bonchev–Trinajstić information content (AvgIpc) is 3.09. The fraction of sp³-hybridized carbons (Fsp3) is 0.111. The third-order valence-electron chi connectivity index (χ3n) is 4.15. The van der Waals surface area contributed by atoms with Crippen LogP contribution in [-0.2, 0) is 7.05 Å². The van der Waals surface area contributed by atoms with E-state index < -0.39 is 11.6 Å². The molecule has 0 amide bonds. The number of benzene rings is 2. The number of nitrogens with zero attached hydrogens (tertiary/aromatic N) is 4. The topological polar surface area (TPSA) is 35.6 Å². The molecular formula is C18H13ClF2N4. The number of halogens is 3. The highest BCUT2D eigenvalue weighted by molar-refractivity contribution is 6.33. The Hall–Kier alpha value is -2.73. The molecule has 7 heteroatoms. The molecule has 0 N–H and O–H groups in total. The molecule has 0 saturated heterocycles. The lowest BCUT2D eigenvalue weighted by Gasteiger charge is -2.10. The van der Waals surface area contributed by atoms with E-state index in [1.165, 1.54) is 18.2 Å². The zero-order valence-corrected chi connectivity index (χ0v) is 14.2. The van der Waals surface area contributed by atoms with E-state index in [0.29, 0.717) is 16.9 Å². The quantitative estimate of drug-likeness (QED) is 0.522. The first-order valence-corrected chi connectivity index (χ1v) is 7.96. The Morgan fingerprint density at radius 1 is 1.12 bits per heavy atom. The number of para-hydroxylation sites is 1. The van der Waals surface area contributed by atoms with Crippen LogP contribution in [0.5, 0.6) is 0 Å². The first-order chi connectivity index (χ1) is 12.0. The van der Waals surface area contributed by atoms with Crippen LogP contribution in [0.25, 0.3) is 28.0 Å². The van der Waals surface area contributed by atoms with Crippen LogP contribution < -0.4 is 0 Å². The van der Waals surface area contributed by atoms with Crippen molar-refractivity contribution in [2.24, 2.45) is 7.05 Å². The molecule has 0 unspecified atom stereocenters. The molecule has 0 bridgehead atoms. The highest BCUT2D eigenvalue weighted by Crippen LogP contribution is 2.36. The van der Waals surface area contributed by atoms with Gasteiger partial charge in [-0.3, -0.25) is 9.25 Å². The standard InChI is InChI=1S/C18H13ClF2N4/c1-10-16(12-7-6-11(20)8-13(12)19)18(24(2)23-10)25-9-22-17-14(21)4-3-5-15(17)25/h3-9H,1-2H3. The number of hydrogen-bond donors (Lipinski definition) is 0. The summed E-state index contributed by atoms with van der Waals surface area (Å²) < 4.78 is 30.9. The van der Waals surface area contributed by atoms with Gasteiger partial charge in [-0.05, 0) is 37.3 Å². The second-order valence-electron chi connectivity index (χ2n) is 5.75. The van der Waals surface area contributed by atoms with E-state index in [-0.39, 0.29) is 10.5 Å². The van der Waals surface area contributed by atoms with E-state index in [4.69, 9.17) is 11.6 Å². The number of aryl methyl sites for hydroxylation is 2. The summed E-state index contributed by atoms with van der Waals surface area (Å²) in [7, 11) is 1.79. The fourth-order valence-electron chi connectivity index (χ4n) is 3.10. The normalized spacial score (nSPS) is 11.4. The van der Waals surface area contributed by atoms with Crippen LogP contribution in [0.2, 0.25) is 5.02 Å². The second-order valence-corrected chi connectivity index (χ2v) is 6.16. The van der Waals surface area contributed by atoms with Gasteiger partial charge in [-0.25, -0.2) is 13.8 Å². The Kier molecular flexibility index (Phi) is 3.58. The summed E-state index contributed by atoms with van der Waals surface area (Å²) in [6.45, 7) is 1.85. The predicted octanol–water partition coefficient (Wildman–Crippen LogP) is 4.67. The summed E-state index contributed by atoms with van der Waals surface area (Å²) in [5, 5.41) is 4.74. The lowest BCUT2D eigenvalue weighted by Crippen LogP contribution is -2.03. The van der Waals surface area contributed by atoms with Crippen molar-refractivity contribution in [2.75, 3.05) is 0 Å². The SMILES string of the molecule is Cc1nn(C)c(-n2cnc3c(F)cccc32)c1-c1ccc(F)cc1Cl. The third kappa shape index (κ3) is 2.41. The van der Waals surface area contributed by atoms with Crippen molar-refractivity contribution in [2.45, 2.75) is 6.92 Å². The van der Waals surface area contributed by atoms with Crippen molar-refractivity contribution >= 4 is 22.6 Å². The van der Waals surface area contributed by atoms with Crippen molar-refractivity contribution in [3.63, 3.8) is 0 Å². The van der Waals surface area contributed by atoms with Crippen LogP contribution in [0.15, 0.2) is 42.7 Å². The Bertz CT molecular complexity index is 1110. The molecule has 0 spiro atoms. The van der Waals surface area contributed by atoms with Crippen molar-refractivity contribution in [3.05, 3.63) is 65.1 Å². The number of rotatable bonds is 2. The number of hydrogen-bond acceptors (Lipinski definition) is 2. The molecular weight excluding hydrogens is 346 g/mol. The summed E-state index contributed by atoms with van der Waals surface area (Å²) in [4.78, 5) is 4.17. The van der Waals surface area contributed by atoms with Crippen LogP contribution in [0, 0.1) is 18.6 Å². The minimum absolute atomic E-state index is 0.275. The number of imidazole rings is 1. The largest absolute Gasteiger partial charge is 0.283 e. The van der Waals surface area contributed by atoms with Crippen LogP contribution in [0.4, 0.5) is 8.78 Å². The van der Waals surface area contributed by atoms with Gasteiger partial charge in [-0.2, -0.15) is 5.10 Å². The summed E-state index contributed by atoms with van der Waals surface area (Å²) in [5.74, 6) is -0.123. The molecule has 4 aromatic rings. The Morgan fingerprint density at radius 3 is 2.68 bits per heavy atom. The fourth-order valence-corrected chi connectivity index (χ4v) is 3.36. The minimum atomic E-state index is -0.410. The van der Waals surface area contributed by atoms with Crippen molar-refractivity contribution in [3.8, 4) is 16.9 Å². The van der Waals surface area contributed by atoms with Crippen molar-refractivity contribution < 1.29 is 8.78 Å². The molecule has 0 saturated carbocycles. The lowest BCUT2D eigenvalue weighted by molar-refractivity contribution is 0.628. The van der Waals surface area contributed by atoms with Crippen LogP contribution in [0.1, 0.15) is 5.69 Å². The van der Waals surface area contributed by atoms with Gasteiger partial charge in [0.15, 0.2) is 5.82 Å². The molecule has 2 aromatic carbocycles. The molecule has 4 nitrogen and oxygen atoms in total. The Balaban J connectivity index is 2.04. The van der Waals surface area contributed by atoms with Gasteiger partial charge >= 0.3 is 0 Å². The molecule has 0 aliphatic heterocycles. The Morgan fingerprint density at radius 2 is 1.92 bits per heavy atom. The van der Waals surface area contributed by atoms with E-state index in [1.807, 2.05) is 6.92 Å². The van der Waals surface area contributed by atoms with E-state index in [0.717, 1.165) is 11.3 Å². The van der Waals surface area contributed by atoms with E-state index in [1.54, 1.807) is 40.8 Å². The maximum Gasteiger partial charge on any atom is 0.151 e. The number of fused-ring (bicyclic) bond motifs is 1. The van der Waals surface area contributed by atoms with Crippen LogP contribution >= 0.6 is 11.6 Å². The van der Waals surface area contributed by atoms with Gasteiger partial charge in [0.05, 0.1) is 16.2 Å². The summed E-state index contributed by atoms with van der Waals surface area (Å²) >= 11 is 6.26. The van der Waals surface area contributed by atoms with Gasteiger partial charge in [0, 0.05) is 18.2 Å². The summed E-state index contributed by atoms with van der Waals surface area (Å²) in [6.07, 6.45) is 1.55. The van der Waals surface area contributed by atoms with Gasteiger partial charge in [-0.15, -0.1) is 0 Å². The average molecular weight is 359 g/mol. The molecule has 0 radical (unpaired) electrons. The molecule has 0 fully saturated rings. The third-order valence-corrected chi connectivity index (χ3v) is 4.46. The zero-order valence-electron chi connectivity index (χ0n) is 13.5. The van der Waals surface area contributed by atoms with Gasteiger partial charge in [0.2, 0.25) is 0 Å². The van der Waals surface area contributed by atoms with Gasteiger partial charge in [0.1, 0.15) is 23.5 Å². The number of aromatic nitrogens is 4. The van der Waals surface area contributed by atoms with E-state index in [9.17, 15) is 8.78 Å². The summed E-state index contributed by atoms with van der Waals surface area (Å²) in [6, 6.07) is 9.01. The second kappa shape index (κ2) is 5.67. The highest BCUT2D eigenvalue weighted by Gasteiger charge is 2.21. The molecule has 2 heterocycles. The molecule has 25 heavy (non-hydrogen) atoms. The van der Waals surface area contributed by atoms with Crippen LogP contribution in [0.3, 0.4) is 0 Å². The van der Waals surface area contributed by atoms with Crippen molar-refractivity contribution in [1.29, 1.82) is 0 Å². The molecule has 126 valence electrons. The molecule has 0 aliphatic rings. The smallest absolute Gasteiger partial charge is 0.151 e. The molecule has 4 rings (SSSR count).